The first-order valence-corrected chi connectivity index (χ1v) is 6.36. The smallest absolute Gasteiger partial charge is 0.240 e. The van der Waals surface area contributed by atoms with Crippen LogP contribution in [0, 0.1) is 0 Å². The molecule has 1 aliphatic heterocycles. The molecule has 1 amide bonds. The molecule has 0 bridgehead atoms. The summed E-state index contributed by atoms with van der Waals surface area (Å²) < 4.78 is 5.38. The number of hydrogen-bond donors (Lipinski definition) is 1. The summed E-state index contributed by atoms with van der Waals surface area (Å²) in [4.78, 5) is 11.7. The third kappa shape index (κ3) is 2.07. The van der Waals surface area contributed by atoms with Gasteiger partial charge in [-0.05, 0) is 24.3 Å². The first kappa shape index (κ1) is 12.5. The van der Waals surface area contributed by atoms with Gasteiger partial charge in [0.2, 0.25) is 5.91 Å². The largest absolute Gasteiger partial charge is 0.507 e. The molecule has 1 aliphatic rings. The minimum absolute atomic E-state index is 0.156. The van der Waals surface area contributed by atoms with Crippen LogP contribution < -0.4 is 0 Å². The number of furan rings is 1. The van der Waals surface area contributed by atoms with E-state index in [9.17, 15) is 9.90 Å². The zero-order valence-electron chi connectivity index (χ0n) is 11.0. The molecule has 0 spiro atoms. The van der Waals surface area contributed by atoms with Crippen molar-refractivity contribution >= 4 is 11.6 Å². The molecule has 20 heavy (non-hydrogen) atoms. The Hall–Kier alpha value is -2.56. The van der Waals surface area contributed by atoms with E-state index in [2.05, 4.69) is 5.10 Å². The van der Waals surface area contributed by atoms with Gasteiger partial charge in [0, 0.05) is 18.9 Å². The van der Waals surface area contributed by atoms with Crippen LogP contribution in [-0.2, 0) is 4.79 Å². The van der Waals surface area contributed by atoms with Crippen LogP contribution in [0.2, 0.25) is 0 Å². The summed E-state index contributed by atoms with van der Waals surface area (Å²) in [5, 5.41) is 15.6. The highest BCUT2D eigenvalue weighted by atomic mass is 16.3. The number of amides is 1. The zero-order chi connectivity index (χ0) is 14.1. The molecule has 0 radical (unpaired) electrons. The van der Waals surface area contributed by atoms with Crippen molar-refractivity contribution in [1.29, 1.82) is 0 Å². The lowest BCUT2D eigenvalue weighted by Gasteiger charge is -2.17. The number of nitrogens with zero attached hydrogens (tertiary/aromatic N) is 2. The quantitative estimate of drug-likeness (QED) is 0.912. The summed E-state index contributed by atoms with van der Waals surface area (Å²) in [6.45, 7) is 1.47. The lowest BCUT2D eigenvalue weighted by Crippen LogP contribution is -2.23. The minimum Gasteiger partial charge on any atom is -0.507 e. The van der Waals surface area contributed by atoms with Gasteiger partial charge >= 0.3 is 0 Å². The standard InChI is InChI=1S/C15H14N2O3/c1-10(18)17-13(15-7-4-8-20-15)9-12(16-17)11-5-2-3-6-14(11)19/h2-8,13,19H,9H2,1H3/t13-/m0/s1. The summed E-state index contributed by atoms with van der Waals surface area (Å²) in [6.07, 6.45) is 2.09. The highest BCUT2D eigenvalue weighted by Crippen LogP contribution is 2.34. The van der Waals surface area contributed by atoms with Crippen molar-refractivity contribution in [2.45, 2.75) is 19.4 Å². The summed E-state index contributed by atoms with van der Waals surface area (Å²) in [7, 11) is 0. The number of hydrazone groups is 1. The number of carbonyl (C=O) groups is 1. The number of rotatable bonds is 2. The van der Waals surface area contributed by atoms with E-state index in [1.807, 2.05) is 12.1 Å². The molecule has 1 N–H and O–H groups in total. The zero-order valence-corrected chi connectivity index (χ0v) is 11.0. The predicted molar refractivity (Wildman–Crippen MR) is 73.2 cm³/mol. The van der Waals surface area contributed by atoms with E-state index in [-0.39, 0.29) is 17.7 Å². The molecule has 0 saturated carbocycles. The number of benzene rings is 1. The van der Waals surface area contributed by atoms with Crippen molar-refractivity contribution in [3.8, 4) is 5.75 Å². The molecule has 2 aromatic rings. The van der Waals surface area contributed by atoms with Crippen LogP contribution in [0.4, 0.5) is 0 Å². The van der Waals surface area contributed by atoms with E-state index in [4.69, 9.17) is 4.42 Å². The van der Waals surface area contributed by atoms with Crippen LogP contribution >= 0.6 is 0 Å². The molecule has 5 heteroatoms. The highest BCUT2D eigenvalue weighted by Gasteiger charge is 2.33. The molecular weight excluding hydrogens is 256 g/mol. The number of carbonyl (C=O) groups excluding carboxylic acids is 1. The van der Waals surface area contributed by atoms with Crippen LogP contribution in [0.15, 0.2) is 52.2 Å². The second-order valence-electron chi connectivity index (χ2n) is 4.66. The molecule has 0 unspecified atom stereocenters. The van der Waals surface area contributed by atoms with Gasteiger partial charge < -0.3 is 9.52 Å². The average molecular weight is 270 g/mol. The van der Waals surface area contributed by atoms with E-state index in [1.54, 1.807) is 30.5 Å². The van der Waals surface area contributed by atoms with E-state index in [0.29, 0.717) is 23.5 Å². The monoisotopic (exact) mass is 270 g/mol. The fraction of sp³-hybridized carbons (Fsp3) is 0.200. The minimum atomic E-state index is -0.253. The van der Waals surface area contributed by atoms with Gasteiger partial charge in [0.15, 0.2) is 0 Å². The van der Waals surface area contributed by atoms with Crippen molar-refractivity contribution < 1.29 is 14.3 Å². The predicted octanol–water partition coefficient (Wildman–Crippen LogP) is 2.68. The summed E-state index contributed by atoms with van der Waals surface area (Å²) in [5.74, 6) is 0.695. The normalized spacial score (nSPS) is 18.1. The second-order valence-corrected chi connectivity index (χ2v) is 4.66. The molecule has 0 saturated heterocycles. The van der Waals surface area contributed by atoms with E-state index < -0.39 is 0 Å². The maximum Gasteiger partial charge on any atom is 0.240 e. The summed E-state index contributed by atoms with van der Waals surface area (Å²) in [6, 6.07) is 10.3. The number of aromatic hydroxyl groups is 1. The van der Waals surface area contributed by atoms with Gasteiger partial charge in [-0.3, -0.25) is 4.79 Å². The fourth-order valence-corrected chi connectivity index (χ4v) is 2.38. The van der Waals surface area contributed by atoms with Gasteiger partial charge in [-0.1, -0.05) is 12.1 Å². The molecule has 3 rings (SSSR count). The molecular formula is C15H14N2O3. The Morgan fingerprint density at radius 3 is 2.80 bits per heavy atom. The molecule has 2 heterocycles. The van der Waals surface area contributed by atoms with E-state index >= 15 is 0 Å². The SMILES string of the molecule is CC(=O)N1N=C(c2ccccc2O)C[C@H]1c1ccco1. The van der Waals surface area contributed by atoms with Crippen LogP contribution in [0.3, 0.4) is 0 Å². The van der Waals surface area contributed by atoms with Gasteiger partial charge in [-0.15, -0.1) is 0 Å². The Morgan fingerprint density at radius 1 is 1.35 bits per heavy atom. The van der Waals surface area contributed by atoms with Crippen LogP contribution in [0.25, 0.3) is 0 Å². The first-order chi connectivity index (χ1) is 9.66. The Kier molecular flexibility index (Phi) is 3.02. The third-order valence-electron chi connectivity index (χ3n) is 3.32. The molecule has 1 atom stereocenters. The lowest BCUT2D eigenvalue weighted by atomic mass is 10.0. The maximum absolute atomic E-state index is 11.7. The van der Waals surface area contributed by atoms with Crippen LogP contribution in [0.1, 0.15) is 30.7 Å². The van der Waals surface area contributed by atoms with Crippen molar-refractivity contribution in [3.63, 3.8) is 0 Å². The molecule has 0 aliphatic carbocycles. The molecule has 1 aromatic heterocycles. The Labute approximate surface area is 116 Å². The topological polar surface area (TPSA) is 66.0 Å². The average Bonchev–Trinajstić information content (AvgIpc) is 3.08. The van der Waals surface area contributed by atoms with Gasteiger partial charge in [0.05, 0.1) is 12.0 Å². The summed E-state index contributed by atoms with van der Waals surface area (Å²) in [5.41, 5.74) is 1.33. The van der Waals surface area contributed by atoms with Crippen LogP contribution in [-0.4, -0.2) is 21.7 Å². The molecule has 102 valence electrons. The first-order valence-electron chi connectivity index (χ1n) is 6.36. The van der Waals surface area contributed by atoms with Crippen LogP contribution in [0.5, 0.6) is 5.75 Å². The molecule has 1 aromatic carbocycles. The molecule has 5 nitrogen and oxygen atoms in total. The third-order valence-corrected chi connectivity index (χ3v) is 3.32. The Balaban J connectivity index is 1.97. The van der Waals surface area contributed by atoms with Gasteiger partial charge in [-0.25, -0.2) is 5.01 Å². The Bertz CT molecular complexity index is 662. The maximum atomic E-state index is 11.7. The number of hydrogen-bond acceptors (Lipinski definition) is 4. The van der Waals surface area contributed by atoms with Crippen molar-refractivity contribution in [1.82, 2.24) is 5.01 Å². The van der Waals surface area contributed by atoms with Crippen molar-refractivity contribution in [3.05, 3.63) is 54.0 Å². The highest BCUT2D eigenvalue weighted by molar-refractivity contribution is 6.04. The summed E-state index contributed by atoms with van der Waals surface area (Å²) >= 11 is 0. The molecule has 0 fully saturated rings. The number of phenols is 1. The van der Waals surface area contributed by atoms with Crippen molar-refractivity contribution in [2.75, 3.05) is 0 Å². The van der Waals surface area contributed by atoms with E-state index in [1.165, 1.54) is 11.9 Å². The lowest BCUT2D eigenvalue weighted by molar-refractivity contribution is -0.130. The number of para-hydroxylation sites is 1. The second kappa shape index (κ2) is 4.85. The van der Waals surface area contributed by atoms with Crippen molar-refractivity contribution in [2.24, 2.45) is 5.10 Å². The fourth-order valence-electron chi connectivity index (χ4n) is 2.38. The number of phenolic OH excluding ortho intramolecular Hbond substituents is 1. The van der Waals surface area contributed by atoms with Gasteiger partial charge in [-0.2, -0.15) is 5.10 Å². The van der Waals surface area contributed by atoms with Gasteiger partial charge in [0.1, 0.15) is 17.6 Å². The van der Waals surface area contributed by atoms with E-state index in [0.717, 1.165) is 0 Å². The Morgan fingerprint density at radius 2 is 2.15 bits per heavy atom. The van der Waals surface area contributed by atoms with Gasteiger partial charge in [0.25, 0.3) is 0 Å².